The summed E-state index contributed by atoms with van der Waals surface area (Å²) in [5.74, 6) is 2.50. The fraction of sp³-hybridized carbons (Fsp3) is 0.481. The highest BCUT2D eigenvalue weighted by molar-refractivity contribution is 7.97. The lowest BCUT2D eigenvalue weighted by Crippen LogP contribution is -2.35. The summed E-state index contributed by atoms with van der Waals surface area (Å²) in [5, 5.41) is 4.08. The maximum absolute atomic E-state index is 6.11. The Morgan fingerprint density at radius 3 is 2.37 bits per heavy atom. The Hall–Kier alpha value is -2.55. The Morgan fingerprint density at radius 1 is 1.06 bits per heavy atom. The van der Waals surface area contributed by atoms with E-state index in [0.717, 1.165) is 63.7 Å². The van der Waals surface area contributed by atoms with Crippen molar-refractivity contribution in [2.75, 3.05) is 44.9 Å². The molecule has 0 saturated carbocycles. The Morgan fingerprint density at radius 2 is 1.74 bits per heavy atom. The van der Waals surface area contributed by atoms with Crippen molar-refractivity contribution in [3.8, 4) is 16.9 Å². The number of benzene rings is 2. The molecule has 0 unspecified atom stereocenters. The van der Waals surface area contributed by atoms with Gasteiger partial charge in [-0.2, -0.15) is 4.98 Å². The van der Waals surface area contributed by atoms with Crippen LogP contribution >= 0.6 is 11.9 Å². The summed E-state index contributed by atoms with van der Waals surface area (Å²) in [6.07, 6.45) is 3.13. The van der Waals surface area contributed by atoms with Gasteiger partial charge in [0.2, 0.25) is 0 Å². The Bertz CT molecular complexity index is 1020. The van der Waals surface area contributed by atoms with Crippen molar-refractivity contribution in [2.24, 2.45) is 5.92 Å². The Kier molecular flexibility index (Phi) is 9.45. The van der Waals surface area contributed by atoms with E-state index in [2.05, 4.69) is 82.1 Å². The molecule has 1 fully saturated rings. The highest BCUT2D eigenvalue weighted by Gasteiger charge is 2.24. The van der Waals surface area contributed by atoms with Crippen LogP contribution in [-0.4, -0.2) is 50.1 Å². The molecule has 2 heterocycles. The van der Waals surface area contributed by atoms with Crippen LogP contribution in [0.2, 0.25) is 0 Å². The van der Waals surface area contributed by atoms with Crippen molar-refractivity contribution >= 4 is 18.0 Å². The summed E-state index contributed by atoms with van der Waals surface area (Å²) in [6.45, 7) is 8.44. The van der Waals surface area contributed by atoms with Gasteiger partial charge in [-0.3, -0.25) is 4.72 Å². The van der Waals surface area contributed by atoms with Crippen LogP contribution in [0, 0.1) is 5.92 Å². The number of hydrogen-bond acceptors (Lipinski definition) is 8. The first-order chi connectivity index (χ1) is 17.1. The maximum Gasteiger partial charge on any atom is 0.324 e. The molecule has 7 nitrogen and oxygen atoms in total. The third-order valence-electron chi connectivity index (χ3n) is 6.18. The zero-order valence-electron chi connectivity index (χ0n) is 20.9. The molecule has 0 amide bonds. The first-order valence-electron chi connectivity index (χ1n) is 12.4. The monoisotopic (exact) mass is 496 g/mol. The van der Waals surface area contributed by atoms with Gasteiger partial charge in [-0.25, -0.2) is 0 Å². The molecule has 0 aliphatic carbocycles. The number of anilines is 1. The second-order valence-corrected chi connectivity index (χ2v) is 10.2. The number of ether oxygens (including phenoxy) is 2. The zero-order valence-corrected chi connectivity index (χ0v) is 21.7. The van der Waals surface area contributed by atoms with E-state index in [-0.39, 0.29) is 5.92 Å². The van der Waals surface area contributed by atoms with Crippen LogP contribution in [0.5, 0.6) is 5.75 Å². The van der Waals surface area contributed by atoms with Gasteiger partial charge in [-0.1, -0.05) is 43.3 Å². The number of aromatic nitrogens is 2. The van der Waals surface area contributed by atoms with Crippen LogP contribution in [0.25, 0.3) is 11.1 Å². The molecule has 1 N–H and O–H groups in total. The van der Waals surface area contributed by atoms with Gasteiger partial charge in [0.1, 0.15) is 5.75 Å². The second kappa shape index (κ2) is 13.0. The van der Waals surface area contributed by atoms with E-state index in [1.165, 1.54) is 16.0 Å². The lowest BCUT2D eigenvalue weighted by atomic mass is 9.98. The molecular weight excluding hydrogens is 460 g/mol. The van der Waals surface area contributed by atoms with E-state index in [0.29, 0.717) is 11.9 Å². The summed E-state index contributed by atoms with van der Waals surface area (Å²) in [4.78, 5) is 7.91. The van der Waals surface area contributed by atoms with Gasteiger partial charge in [-0.05, 0) is 72.5 Å². The highest BCUT2D eigenvalue weighted by Crippen LogP contribution is 2.27. The molecule has 35 heavy (non-hydrogen) atoms. The van der Waals surface area contributed by atoms with Crippen molar-refractivity contribution in [3.05, 3.63) is 54.4 Å². The van der Waals surface area contributed by atoms with Gasteiger partial charge in [0.25, 0.3) is 0 Å². The average molecular weight is 497 g/mol. The Balaban J connectivity index is 1.20. The molecule has 188 valence electrons. The van der Waals surface area contributed by atoms with Crippen molar-refractivity contribution in [3.63, 3.8) is 0 Å². The number of nitrogens with zero attached hydrogens (tertiary/aromatic N) is 3. The highest BCUT2D eigenvalue weighted by atomic mass is 32.2. The van der Waals surface area contributed by atoms with Crippen LogP contribution in [0.3, 0.4) is 0 Å². The van der Waals surface area contributed by atoms with Gasteiger partial charge in [-0.15, -0.1) is 0 Å². The van der Waals surface area contributed by atoms with E-state index < -0.39 is 0 Å². The minimum Gasteiger partial charge on any atom is -0.493 e. The van der Waals surface area contributed by atoms with Gasteiger partial charge >= 0.3 is 6.01 Å². The number of nitrogens with one attached hydrogen (secondary N) is 1. The molecule has 1 aliphatic heterocycles. The molecule has 0 atom stereocenters. The van der Waals surface area contributed by atoms with Gasteiger partial charge in [0.05, 0.1) is 6.61 Å². The van der Waals surface area contributed by atoms with Crippen LogP contribution in [0.4, 0.5) is 6.01 Å². The smallest absolute Gasteiger partial charge is 0.324 e. The Labute approximate surface area is 212 Å². The lowest BCUT2D eigenvalue weighted by molar-refractivity contribution is 0.196. The summed E-state index contributed by atoms with van der Waals surface area (Å²) in [6, 6.07) is 17.7. The normalized spacial score (nSPS) is 14.6. The molecule has 3 aromatic rings. The minimum atomic E-state index is 0.279. The van der Waals surface area contributed by atoms with E-state index >= 15 is 0 Å². The van der Waals surface area contributed by atoms with Gasteiger partial charge in [0.15, 0.2) is 5.82 Å². The zero-order chi connectivity index (χ0) is 24.5. The minimum absolute atomic E-state index is 0.279. The van der Waals surface area contributed by atoms with Gasteiger partial charge in [0, 0.05) is 44.2 Å². The standard InChI is InChI=1S/C27H36N4O3S/c1-20(2)26-29-27(34-30-26)31-16-13-21(14-17-31)19-33-24-9-5-22(6-10-24)23-7-11-25(12-8-23)35-28-15-4-18-32-3/h5-12,20-21,28H,4,13-19H2,1-3H3. The topological polar surface area (TPSA) is 72.7 Å². The first-order valence-corrected chi connectivity index (χ1v) is 13.2. The first kappa shape index (κ1) is 25.5. The summed E-state index contributed by atoms with van der Waals surface area (Å²) < 4.78 is 20.0. The van der Waals surface area contributed by atoms with Crippen molar-refractivity contribution in [1.82, 2.24) is 14.9 Å². The van der Waals surface area contributed by atoms with Crippen molar-refractivity contribution < 1.29 is 14.0 Å². The van der Waals surface area contributed by atoms with Crippen LogP contribution < -0.4 is 14.4 Å². The number of methoxy groups -OCH3 is 1. The number of hydrogen-bond donors (Lipinski definition) is 1. The largest absolute Gasteiger partial charge is 0.493 e. The molecule has 0 spiro atoms. The molecule has 2 aromatic carbocycles. The molecular formula is C27H36N4O3S. The fourth-order valence-electron chi connectivity index (χ4n) is 3.98. The summed E-state index contributed by atoms with van der Waals surface area (Å²) in [5.41, 5.74) is 2.39. The molecule has 8 heteroatoms. The van der Waals surface area contributed by atoms with Crippen molar-refractivity contribution in [2.45, 2.75) is 43.9 Å². The fourth-order valence-corrected chi connectivity index (χ4v) is 4.66. The third kappa shape index (κ3) is 7.46. The SMILES string of the molecule is COCCCNSc1ccc(-c2ccc(OCC3CCN(c4nc(C(C)C)no4)CC3)cc2)cc1. The van der Waals surface area contributed by atoms with Crippen molar-refractivity contribution in [1.29, 1.82) is 0 Å². The van der Waals surface area contributed by atoms with E-state index in [9.17, 15) is 0 Å². The van der Waals surface area contributed by atoms with Gasteiger partial charge < -0.3 is 18.9 Å². The average Bonchev–Trinajstić information content (AvgIpc) is 3.39. The quantitative estimate of drug-likeness (QED) is 0.250. The molecule has 1 aliphatic rings. The molecule has 0 bridgehead atoms. The molecule has 1 saturated heterocycles. The predicted octanol–water partition coefficient (Wildman–Crippen LogP) is 5.79. The molecule has 1 aromatic heterocycles. The molecule has 4 rings (SSSR count). The maximum atomic E-state index is 6.11. The number of rotatable bonds is 12. The van der Waals surface area contributed by atoms with Crippen LogP contribution in [0.1, 0.15) is 44.9 Å². The third-order valence-corrected chi connectivity index (χ3v) is 7.03. The van der Waals surface area contributed by atoms with Crippen LogP contribution in [-0.2, 0) is 4.74 Å². The number of piperidine rings is 1. The predicted molar refractivity (Wildman–Crippen MR) is 141 cm³/mol. The van der Waals surface area contributed by atoms with E-state index in [1.807, 2.05) is 0 Å². The van der Waals surface area contributed by atoms with E-state index in [1.54, 1.807) is 19.1 Å². The van der Waals surface area contributed by atoms with Crippen LogP contribution in [0.15, 0.2) is 57.9 Å². The molecule has 0 radical (unpaired) electrons. The lowest BCUT2D eigenvalue weighted by Gasteiger charge is -2.30. The second-order valence-electron chi connectivity index (χ2n) is 9.22. The summed E-state index contributed by atoms with van der Waals surface area (Å²) in [7, 11) is 1.73. The van der Waals surface area contributed by atoms with E-state index in [4.69, 9.17) is 14.0 Å². The summed E-state index contributed by atoms with van der Waals surface area (Å²) >= 11 is 1.66.